The van der Waals surface area contributed by atoms with Crippen LogP contribution in [0.4, 0.5) is 0 Å². The Morgan fingerprint density at radius 3 is 2.35 bits per heavy atom. The molecule has 20 heavy (non-hydrogen) atoms. The SMILES string of the molecule is COc1ccc(C(C)=O)c(CCOC(=O)C(C)(C)C)c1. The van der Waals surface area contributed by atoms with Gasteiger partial charge < -0.3 is 9.47 Å². The second-order valence-electron chi connectivity index (χ2n) is 5.72. The van der Waals surface area contributed by atoms with Crippen molar-refractivity contribution in [3.63, 3.8) is 0 Å². The minimum absolute atomic E-state index is 0.00944. The predicted molar refractivity (Wildman–Crippen MR) is 77.1 cm³/mol. The first-order valence-corrected chi connectivity index (χ1v) is 6.61. The molecule has 110 valence electrons. The van der Waals surface area contributed by atoms with E-state index in [4.69, 9.17) is 9.47 Å². The molecule has 0 amide bonds. The Kier molecular flexibility index (Phi) is 5.31. The van der Waals surface area contributed by atoms with Crippen molar-refractivity contribution in [1.82, 2.24) is 0 Å². The number of methoxy groups -OCH3 is 1. The summed E-state index contributed by atoms with van der Waals surface area (Å²) in [7, 11) is 1.58. The molecule has 0 saturated carbocycles. The smallest absolute Gasteiger partial charge is 0.311 e. The summed E-state index contributed by atoms with van der Waals surface area (Å²) in [6, 6.07) is 5.30. The van der Waals surface area contributed by atoms with Crippen LogP contribution in [0.1, 0.15) is 43.6 Å². The number of ketones is 1. The van der Waals surface area contributed by atoms with Gasteiger partial charge in [0, 0.05) is 12.0 Å². The molecule has 0 spiro atoms. The third-order valence-corrected chi connectivity index (χ3v) is 2.91. The van der Waals surface area contributed by atoms with Crippen molar-refractivity contribution >= 4 is 11.8 Å². The van der Waals surface area contributed by atoms with Gasteiger partial charge in [-0.3, -0.25) is 9.59 Å². The molecule has 1 aromatic carbocycles. The quantitative estimate of drug-likeness (QED) is 0.613. The van der Waals surface area contributed by atoms with Crippen LogP contribution >= 0.6 is 0 Å². The van der Waals surface area contributed by atoms with Crippen molar-refractivity contribution in [2.75, 3.05) is 13.7 Å². The zero-order valence-electron chi connectivity index (χ0n) is 12.8. The van der Waals surface area contributed by atoms with Crippen LogP contribution in [0.15, 0.2) is 18.2 Å². The molecule has 0 heterocycles. The van der Waals surface area contributed by atoms with Crippen LogP contribution in [0.2, 0.25) is 0 Å². The number of rotatable bonds is 5. The van der Waals surface area contributed by atoms with Crippen molar-refractivity contribution in [1.29, 1.82) is 0 Å². The summed E-state index contributed by atoms with van der Waals surface area (Å²) in [5.41, 5.74) is 0.953. The zero-order chi connectivity index (χ0) is 15.3. The van der Waals surface area contributed by atoms with E-state index >= 15 is 0 Å². The lowest BCUT2D eigenvalue weighted by Gasteiger charge is -2.17. The molecule has 0 unspecified atom stereocenters. The second-order valence-corrected chi connectivity index (χ2v) is 5.72. The summed E-state index contributed by atoms with van der Waals surface area (Å²) in [6.45, 7) is 7.20. The van der Waals surface area contributed by atoms with Crippen molar-refractivity contribution in [2.45, 2.75) is 34.1 Å². The van der Waals surface area contributed by atoms with Gasteiger partial charge in [-0.2, -0.15) is 0 Å². The van der Waals surface area contributed by atoms with Crippen molar-refractivity contribution in [2.24, 2.45) is 5.41 Å². The first kappa shape index (κ1) is 16.2. The Labute approximate surface area is 120 Å². The standard InChI is InChI=1S/C16H22O4/c1-11(17)14-7-6-13(19-5)10-12(14)8-9-20-15(18)16(2,3)4/h6-7,10H,8-9H2,1-5H3. The van der Waals surface area contributed by atoms with E-state index in [1.54, 1.807) is 19.2 Å². The molecular formula is C16H22O4. The first-order valence-electron chi connectivity index (χ1n) is 6.61. The van der Waals surface area contributed by atoms with E-state index in [1.165, 1.54) is 6.92 Å². The number of benzene rings is 1. The van der Waals surface area contributed by atoms with E-state index < -0.39 is 5.41 Å². The summed E-state index contributed by atoms with van der Waals surface area (Å²) >= 11 is 0. The molecule has 1 aromatic rings. The molecule has 0 aliphatic rings. The molecule has 1 rings (SSSR count). The van der Waals surface area contributed by atoms with Gasteiger partial charge in [-0.15, -0.1) is 0 Å². The topological polar surface area (TPSA) is 52.6 Å². The van der Waals surface area contributed by atoms with E-state index in [1.807, 2.05) is 26.8 Å². The van der Waals surface area contributed by atoms with Crippen molar-refractivity contribution in [3.05, 3.63) is 29.3 Å². The van der Waals surface area contributed by atoms with E-state index in [9.17, 15) is 9.59 Å². The van der Waals surface area contributed by atoms with E-state index in [0.29, 0.717) is 17.7 Å². The molecule has 0 N–H and O–H groups in total. The molecule has 4 heteroatoms. The second kappa shape index (κ2) is 6.55. The Balaban J connectivity index is 2.76. The van der Waals surface area contributed by atoms with Gasteiger partial charge in [-0.25, -0.2) is 0 Å². The van der Waals surface area contributed by atoms with Gasteiger partial charge in [0.15, 0.2) is 5.78 Å². The lowest BCUT2D eigenvalue weighted by molar-refractivity contribution is -0.152. The molecule has 0 aliphatic carbocycles. The number of hydrogen-bond acceptors (Lipinski definition) is 4. The highest BCUT2D eigenvalue weighted by atomic mass is 16.5. The average molecular weight is 278 g/mol. The minimum atomic E-state index is -0.516. The highest BCUT2D eigenvalue weighted by Crippen LogP contribution is 2.20. The summed E-state index contributed by atoms with van der Waals surface area (Å²) in [4.78, 5) is 23.3. The van der Waals surface area contributed by atoms with Crippen LogP contribution in [0.5, 0.6) is 5.75 Å². The Morgan fingerprint density at radius 2 is 1.85 bits per heavy atom. The third kappa shape index (κ3) is 4.37. The predicted octanol–water partition coefficient (Wildman–Crippen LogP) is 3.03. The maximum atomic E-state index is 11.7. The van der Waals surface area contributed by atoms with Gasteiger partial charge in [-0.05, 0) is 51.5 Å². The molecule has 0 aromatic heterocycles. The average Bonchev–Trinajstić information content (AvgIpc) is 2.37. The molecule has 0 bridgehead atoms. The van der Waals surface area contributed by atoms with Crippen LogP contribution in [-0.4, -0.2) is 25.5 Å². The van der Waals surface area contributed by atoms with Gasteiger partial charge in [0.1, 0.15) is 5.75 Å². The van der Waals surface area contributed by atoms with Gasteiger partial charge in [0.2, 0.25) is 0 Å². The monoisotopic (exact) mass is 278 g/mol. The largest absolute Gasteiger partial charge is 0.497 e. The maximum Gasteiger partial charge on any atom is 0.311 e. The molecule has 0 radical (unpaired) electrons. The number of carbonyl (C=O) groups excluding carboxylic acids is 2. The van der Waals surface area contributed by atoms with Crippen LogP contribution in [0.3, 0.4) is 0 Å². The third-order valence-electron chi connectivity index (χ3n) is 2.91. The Hall–Kier alpha value is -1.84. The summed E-state index contributed by atoms with van der Waals surface area (Å²) in [6.07, 6.45) is 0.494. The number of esters is 1. The summed E-state index contributed by atoms with van der Waals surface area (Å²) in [5.74, 6) is 0.432. The summed E-state index contributed by atoms with van der Waals surface area (Å²) in [5, 5.41) is 0. The van der Waals surface area contributed by atoms with Gasteiger partial charge >= 0.3 is 5.97 Å². The van der Waals surface area contributed by atoms with Crippen LogP contribution < -0.4 is 4.74 Å². The number of Topliss-reactive ketones (excluding diaryl/α,β-unsaturated/α-hetero) is 1. The minimum Gasteiger partial charge on any atom is -0.497 e. The lowest BCUT2D eigenvalue weighted by atomic mass is 9.97. The van der Waals surface area contributed by atoms with Crippen LogP contribution in [-0.2, 0) is 16.0 Å². The van der Waals surface area contributed by atoms with Crippen molar-refractivity contribution in [3.8, 4) is 5.75 Å². The first-order chi connectivity index (χ1) is 9.25. The van der Waals surface area contributed by atoms with E-state index in [-0.39, 0.29) is 18.4 Å². The number of carbonyl (C=O) groups is 2. The molecule has 0 aliphatic heterocycles. The normalized spacial score (nSPS) is 11.1. The molecule has 0 saturated heterocycles. The van der Waals surface area contributed by atoms with Gasteiger partial charge in [0.05, 0.1) is 19.1 Å². The van der Waals surface area contributed by atoms with E-state index in [2.05, 4.69) is 0 Å². The van der Waals surface area contributed by atoms with Gasteiger partial charge in [0.25, 0.3) is 0 Å². The Morgan fingerprint density at radius 1 is 1.20 bits per heavy atom. The highest BCUT2D eigenvalue weighted by molar-refractivity contribution is 5.95. The van der Waals surface area contributed by atoms with Crippen molar-refractivity contribution < 1.29 is 19.1 Å². The summed E-state index contributed by atoms with van der Waals surface area (Å²) < 4.78 is 10.4. The molecular weight excluding hydrogens is 256 g/mol. The fourth-order valence-electron chi connectivity index (χ4n) is 1.72. The van der Waals surface area contributed by atoms with Crippen LogP contribution in [0, 0.1) is 5.41 Å². The number of ether oxygens (including phenoxy) is 2. The zero-order valence-corrected chi connectivity index (χ0v) is 12.8. The van der Waals surface area contributed by atoms with Crippen LogP contribution in [0.25, 0.3) is 0 Å². The fourth-order valence-corrected chi connectivity index (χ4v) is 1.72. The maximum absolute atomic E-state index is 11.7. The van der Waals surface area contributed by atoms with E-state index in [0.717, 1.165) is 5.56 Å². The Bertz CT molecular complexity index is 498. The number of hydrogen-bond donors (Lipinski definition) is 0. The molecule has 4 nitrogen and oxygen atoms in total. The van der Waals surface area contributed by atoms with Gasteiger partial charge in [-0.1, -0.05) is 0 Å². The molecule has 0 fully saturated rings. The fraction of sp³-hybridized carbons (Fsp3) is 0.500. The highest BCUT2D eigenvalue weighted by Gasteiger charge is 2.22. The lowest BCUT2D eigenvalue weighted by Crippen LogP contribution is -2.24. The molecule has 0 atom stereocenters.